The van der Waals surface area contributed by atoms with Crippen LogP contribution in [0.4, 0.5) is 10.5 Å². The quantitative estimate of drug-likeness (QED) is 0.858. The first-order valence-corrected chi connectivity index (χ1v) is 6.46. The molecule has 0 heterocycles. The zero-order valence-electron chi connectivity index (χ0n) is 12.6. The van der Waals surface area contributed by atoms with Gasteiger partial charge in [-0.05, 0) is 44.9 Å². The van der Waals surface area contributed by atoms with Crippen LogP contribution >= 0.6 is 0 Å². The van der Waals surface area contributed by atoms with Gasteiger partial charge in [0.1, 0.15) is 5.60 Å². The van der Waals surface area contributed by atoms with Gasteiger partial charge in [0.25, 0.3) is 0 Å². The first-order chi connectivity index (χ1) is 9.30. The fraction of sp³-hybridized carbons (Fsp3) is 0.467. The van der Waals surface area contributed by atoms with Crippen LogP contribution in [0.1, 0.15) is 43.6 Å². The first-order valence-electron chi connectivity index (χ1n) is 6.46. The summed E-state index contributed by atoms with van der Waals surface area (Å²) >= 11 is 0. The van der Waals surface area contributed by atoms with E-state index in [1.807, 2.05) is 6.92 Å². The molecule has 0 atom stereocenters. The first kappa shape index (κ1) is 16.0. The van der Waals surface area contributed by atoms with Crippen molar-refractivity contribution in [2.45, 2.75) is 39.7 Å². The molecule has 5 nitrogen and oxygen atoms in total. The predicted molar refractivity (Wildman–Crippen MR) is 77.6 cm³/mol. The van der Waals surface area contributed by atoms with E-state index in [9.17, 15) is 9.59 Å². The van der Waals surface area contributed by atoms with E-state index in [1.165, 1.54) is 7.11 Å². The largest absolute Gasteiger partial charge is 0.494 e. The number of ether oxygens (including phenoxy) is 2. The van der Waals surface area contributed by atoms with E-state index in [-0.39, 0.29) is 0 Å². The number of hydrogen-bond donors (Lipinski definition) is 1. The molecule has 0 aliphatic heterocycles. The highest BCUT2D eigenvalue weighted by molar-refractivity contribution is 5.92. The summed E-state index contributed by atoms with van der Waals surface area (Å²) in [6.07, 6.45) is 0.868. The molecule has 5 heteroatoms. The Morgan fingerprint density at radius 3 is 2.45 bits per heavy atom. The van der Waals surface area contributed by atoms with E-state index in [2.05, 4.69) is 5.32 Å². The van der Waals surface area contributed by atoms with E-state index in [0.29, 0.717) is 23.3 Å². The third kappa shape index (κ3) is 4.26. The number of aldehydes is 1. The van der Waals surface area contributed by atoms with Crippen molar-refractivity contribution in [3.05, 3.63) is 23.3 Å². The van der Waals surface area contributed by atoms with Crippen LogP contribution in [-0.2, 0) is 11.2 Å². The number of carbonyl (C=O) groups excluding carboxylic acids is 2. The van der Waals surface area contributed by atoms with Crippen molar-refractivity contribution in [1.29, 1.82) is 0 Å². The second-order valence-corrected chi connectivity index (χ2v) is 5.36. The normalized spacial score (nSPS) is 10.8. The van der Waals surface area contributed by atoms with Gasteiger partial charge in [-0.3, -0.25) is 10.1 Å². The lowest BCUT2D eigenvalue weighted by Gasteiger charge is -2.21. The number of rotatable bonds is 4. The van der Waals surface area contributed by atoms with Crippen LogP contribution < -0.4 is 10.1 Å². The molecule has 0 radical (unpaired) electrons. The second-order valence-electron chi connectivity index (χ2n) is 5.36. The maximum absolute atomic E-state index is 11.8. The van der Waals surface area contributed by atoms with E-state index in [1.54, 1.807) is 32.9 Å². The number of hydrogen-bond acceptors (Lipinski definition) is 4. The standard InChI is InChI=1S/C15H21NO4/c1-6-10-7-11(9-17)13(19-5)12(8-10)16-14(18)20-15(2,3)4/h7-9H,6H2,1-5H3,(H,16,18). The van der Waals surface area contributed by atoms with E-state index >= 15 is 0 Å². The molecule has 1 aromatic rings. The third-order valence-electron chi connectivity index (χ3n) is 2.55. The van der Waals surface area contributed by atoms with Crippen LogP contribution in [0.25, 0.3) is 0 Å². The zero-order valence-corrected chi connectivity index (χ0v) is 12.6. The summed E-state index contributed by atoms with van der Waals surface area (Å²) in [7, 11) is 1.45. The minimum absolute atomic E-state index is 0.336. The lowest BCUT2D eigenvalue weighted by atomic mass is 10.1. The number of carbonyl (C=O) groups is 2. The number of anilines is 1. The van der Waals surface area contributed by atoms with Gasteiger partial charge in [-0.15, -0.1) is 0 Å². The highest BCUT2D eigenvalue weighted by Gasteiger charge is 2.19. The number of aryl methyl sites for hydroxylation is 1. The molecule has 0 aromatic heterocycles. The van der Waals surface area contributed by atoms with E-state index < -0.39 is 11.7 Å². The van der Waals surface area contributed by atoms with Gasteiger partial charge < -0.3 is 9.47 Å². The average Bonchev–Trinajstić information content (AvgIpc) is 2.35. The average molecular weight is 279 g/mol. The Hall–Kier alpha value is -2.04. The van der Waals surface area contributed by atoms with Gasteiger partial charge in [-0.25, -0.2) is 4.79 Å². The minimum Gasteiger partial charge on any atom is -0.494 e. The van der Waals surface area contributed by atoms with Gasteiger partial charge in [0.2, 0.25) is 0 Å². The molecule has 0 fully saturated rings. The molecule has 1 aromatic carbocycles. The van der Waals surface area contributed by atoms with Crippen molar-refractivity contribution in [3.63, 3.8) is 0 Å². The van der Waals surface area contributed by atoms with Crippen molar-refractivity contribution in [1.82, 2.24) is 0 Å². The summed E-state index contributed by atoms with van der Waals surface area (Å²) in [5.41, 5.74) is 1.17. The number of benzene rings is 1. The third-order valence-corrected chi connectivity index (χ3v) is 2.55. The molecule has 1 rings (SSSR count). The van der Waals surface area contributed by atoms with Gasteiger partial charge in [-0.2, -0.15) is 0 Å². The van der Waals surface area contributed by atoms with Crippen molar-refractivity contribution in [3.8, 4) is 5.75 Å². The molecular formula is C15H21NO4. The molecule has 1 amide bonds. The SMILES string of the molecule is CCc1cc(C=O)c(OC)c(NC(=O)OC(C)(C)C)c1. The number of methoxy groups -OCH3 is 1. The topological polar surface area (TPSA) is 64.6 Å². The van der Waals surface area contributed by atoms with Crippen LogP contribution in [0.3, 0.4) is 0 Å². The minimum atomic E-state index is -0.590. The van der Waals surface area contributed by atoms with Crippen molar-refractivity contribution in [2.24, 2.45) is 0 Å². The summed E-state index contributed by atoms with van der Waals surface area (Å²) < 4.78 is 10.4. The van der Waals surface area contributed by atoms with E-state index in [4.69, 9.17) is 9.47 Å². The van der Waals surface area contributed by atoms with Gasteiger partial charge >= 0.3 is 6.09 Å². The Balaban J connectivity index is 3.09. The van der Waals surface area contributed by atoms with Crippen LogP contribution in [0.2, 0.25) is 0 Å². The molecule has 1 N–H and O–H groups in total. The monoisotopic (exact) mass is 279 g/mol. The van der Waals surface area contributed by atoms with Crippen LogP contribution in [0.5, 0.6) is 5.75 Å². The summed E-state index contributed by atoms with van der Waals surface area (Å²) in [6, 6.07) is 3.52. The smallest absolute Gasteiger partial charge is 0.412 e. The molecule has 0 aliphatic rings. The number of amides is 1. The molecule has 0 unspecified atom stereocenters. The van der Waals surface area contributed by atoms with Gasteiger partial charge in [-0.1, -0.05) is 6.92 Å². The lowest BCUT2D eigenvalue weighted by Crippen LogP contribution is -2.27. The Morgan fingerprint density at radius 2 is 2.00 bits per heavy atom. The van der Waals surface area contributed by atoms with Crippen molar-refractivity contribution in [2.75, 3.05) is 12.4 Å². The van der Waals surface area contributed by atoms with Gasteiger partial charge in [0, 0.05) is 0 Å². The highest BCUT2D eigenvalue weighted by Crippen LogP contribution is 2.30. The van der Waals surface area contributed by atoms with Gasteiger partial charge in [0.05, 0.1) is 18.4 Å². The Labute approximate surface area is 119 Å². The van der Waals surface area contributed by atoms with Crippen LogP contribution in [-0.4, -0.2) is 25.1 Å². The van der Waals surface area contributed by atoms with E-state index in [0.717, 1.165) is 12.0 Å². The Kier molecular flexibility index (Phi) is 5.13. The molecule has 20 heavy (non-hydrogen) atoms. The van der Waals surface area contributed by atoms with Crippen molar-refractivity contribution >= 4 is 18.1 Å². The highest BCUT2D eigenvalue weighted by atomic mass is 16.6. The lowest BCUT2D eigenvalue weighted by molar-refractivity contribution is 0.0635. The maximum Gasteiger partial charge on any atom is 0.412 e. The molecular weight excluding hydrogens is 258 g/mol. The second kappa shape index (κ2) is 6.41. The maximum atomic E-state index is 11.8. The zero-order chi connectivity index (χ0) is 15.3. The van der Waals surface area contributed by atoms with Gasteiger partial charge in [0.15, 0.2) is 12.0 Å². The number of nitrogens with one attached hydrogen (secondary N) is 1. The summed E-state index contributed by atoms with van der Waals surface area (Å²) in [4.78, 5) is 22.9. The van der Waals surface area contributed by atoms with Crippen molar-refractivity contribution < 1.29 is 19.1 Å². The Morgan fingerprint density at radius 1 is 1.35 bits per heavy atom. The predicted octanol–water partition coefficient (Wildman–Crippen LogP) is 3.42. The molecule has 0 aliphatic carbocycles. The van der Waals surface area contributed by atoms with Crippen LogP contribution in [0, 0.1) is 0 Å². The fourth-order valence-corrected chi connectivity index (χ4v) is 1.74. The van der Waals surface area contributed by atoms with Crippen LogP contribution in [0.15, 0.2) is 12.1 Å². The summed E-state index contributed by atoms with van der Waals surface area (Å²) in [5, 5.41) is 2.62. The molecule has 110 valence electrons. The molecule has 0 spiro atoms. The molecule has 0 bridgehead atoms. The molecule has 0 saturated carbocycles. The summed E-state index contributed by atoms with van der Waals surface area (Å²) in [5.74, 6) is 0.336. The summed E-state index contributed by atoms with van der Waals surface area (Å²) in [6.45, 7) is 7.31. The molecule has 0 saturated heterocycles. The fourth-order valence-electron chi connectivity index (χ4n) is 1.74. The Bertz CT molecular complexity index is 503.